The zero-order chi connectivity index (χ0) is 13.4. The second kappa shape index (κ2) is 4.42. The smallest absolute Gasteiger partial charge is 0.254 e. The van der Waals surface area contributed by atoms with Gasteiger partial charge in [-0.05, 0) is 22.4 Å². The van der Waals surface area contributed by atoms with E-state index < -0.39 is 0 Å². The van der Waals surface area contributed by atoms with Crippen LogP contribution in [-0.2, 0) is 0 Å². The first-order valence-electron chi connectivity index (χ1n) is 5.90. The monoisotopic (exact) mass is 252 g/mol. The zero-order valence-electron chi connectivity index (χ0n) is 10.4. The molecule has 1 aliphatic heterocycles. The van der Waals surface area contributed by atoms with Gasteiger partial charge in [-0.25, -0.2) is 4.90 Å². The number of hydrogen-bond acceptors (Lipinski definition) is 5. The second-order valence-corrected chi connectivity index (χ2v) is 4.27. The van der Waals surface area contributed by atoms with Crippen molar-refractivity contribution in [2.45, 2.75) is 0 Å². The average Bonchev–Trinajstić information content (AvgIpc) is 2.85. The Morgan fingerprint density at radius 3 is 2.84 bits per heavy atom. The van der Waals surface area contributed by atoms with E-state index in [1.807, 2.05) is 12.1 Å². The summed E-state index contributed by atoms with van der Waals surface area (Å²) in [6.45, 7) is 0.892. The van der Waals surface area contributed by atoms with Crippen molar-refractivity contribution in [3.8, 4) is 0 Å². The normalized spacial score (nSPS) is 14.8. The summed E-state index contributed by atoms with van der Waals surface area (Å²) >= 11 is 0. The third-order valence-electron chi connectivity index (χ3n) is 3.10. The van der Waals surface area contributed by atoms with Crippen LogP contribution in [0.4, 0.5) is 5.69 Å². The van der Waals surface area contributed by atoms with Crippen LogP contribution in [0.3, 0.4) is 0 Å². The number of nitroso groups, excluding NO2 is 1. The first-order chi connectivity index (χ1) is 9.18. The minimum absolute atomic E-state index is 0.370. The maximum absolute atomic E-state index is 11.6. The van der Waals surface area contributed by atoms with Crippen molar-refractivity contribution in [1.82, 2.24) is 9.97 Å². The fourth-order valence-corrected chi connectivity index (χ4v) is 2.14. The van der Waals surface area contributed by atoms with Crippen molar-refractivity contribution >= 4 is 36.0 Å². The Bertz CT molecular complexity index is 700. The third kappa shape index (κ3) is 1.87. The predicted molar refractivity (Wildman–Crippen MR) is 74.1 cm³/mol. The third-order valence-corrected chi connectivity index (χ3v) is 3.10. The average molecular weight is 252 g/mol. The second-order valence-electron chi connectivity index (χ2n) is 4.27. The summed E-state index contributed by atoms with van der Waals surface area (Å²) in [5.74, 6) is 0.370. The van der Waals surface area contributed by atoms with Gasteiger partial charge in [0.15, 0.2) is 0 Å². The van der Waals surface area contributed by atoms with E-state index in [9.17, 15) is 4.91 Å². The van der Waals surface area contributed by atoms with E-state index in [4.69, 9.17) is 7.85 Å². The Kier molecular flexibility index (Phi) is 2.74. The predicted octanol–water partition coefficient (Wildman–Crippen LogP) is 0.00830. The molecule has 0 bridgehead atoms. The number of fused-ring (bicyclic) bond motifs is 1. The number of benzene rings is 1. The Labute approximate surface area is 111 Å². The van der Waals surface area contributed by atoms with Gasteiger partial charge in [0.05, 0.1) is 23.8 Å². The van der Waals surface area contributed by atoms with Gasteiger partial charge in [0.2, 0.25) is 0 Å². The van der Waals surface area contributed by atoms with Crippen LogP contribution in [0, 0.1) is 4.91 Å². The Morgan fingerprint density at radius 2 is 2.11 bits per heavy atom. The molecule has 1 aromatic heterocycles. The molecule has 0 saturated carbocycles. The van der Waals surface area contributed by atoms with E-state index >= 15 is 0 Å². The lowest BCUT2D eigenvalue weighted by Gasteiger charge is -2.14. The number of aliphatic imine (C=N–C) groups is 1. The van der Waals surface area contributed by atoms with Crippen LogP contribution in [0.1, 0.15) is 0 Å². The summed E-state index contributed by atoms with van der Waals surface area (Å²) in [5.41, 5.74) is 2.55. The molecule has 0 fully saturated rings. The van der Waals surface area contributed by atoms with Gasteiger partial charge in [-0.3, -0.25) is 9.97 Å². The minimum atomic E-state index is 0.370. The fraction of sp³-hybridized carbons (Fsp3) is 0.250. The zero-order valence-corrected chi connectivity index (χ0v) is 10.4. The molecule has 0 unspecified atom stereocenters. The lowest BCUT2D eigenvalue weighted by atomic mass is 9.91. The SMILES string of the molecule is [B]c1c(N(C)C2=NCC[N+]2=O)ccc2nccnc12. The standard InChI is InChI=1S/C12H11BN5O/c1-17(12-16-6-7-18(12)19)9-3-2-8-11(10(9)13)15-5-4-14-8/h2-5H,6-7H2,1H3/q+1. The number of rotatable bonds is 1. The number of aromatic nitrogens is 2. The molecule has 2 radical (unpaired) electrons. The van der Waals surface area contributed by atoms with Crippen LogP contribution >= 0.6 is 0 Å². The van der Waals surface area contributed by atoms with Gasteiger partial charge in [0, 0.05) is 12.4 Å². The van der Waals surface area contributed by atoms with Gasteiger partial charge >= 0.3 is 5.96 Å². The van der Waals surface area contributed by atoms with Crippen molar-refractivity contribution < 1.29 is 4.76 Å². The molecule has 6 nitrogen and oxygen atoms in total. The summed E-state index contributed by atoms with van der Waals surface area (Å²) < 4.78 is 0.861. The van der Waals surface area contributed by atoms with Crippen LogP contribution in [0.15, 0.2) is 29.5 Å². The molecule has 0 amide bonds. The number of nitrogens with zero attached hydrogens (tertiary/aromatic N) is 5. The molecule has 3 rings (SSSR count). The van der Waals surface area contributed by atoms with E-state index in [1.165, 1.54) is 0 Å². The Balaban J connectivity index is 2.10. The maximum atomic E-state index is 11.6. The van der Waals surface area contributed by atoms with Gasteiger partial charge in [0.1, 0.15) is 20.9 Å². The van der Waals surface area contributed by atoms with Crippen LogP contribution < -0.4 is 10.4 Å². The number of hydrogen-bond donors (Lipinski definition) is 0. The lowest BCUT2D eigenvalue weighted by Crippen LogP contribution is -2.35. The molecule has 2 aromatic rings. The molecule has 0 aliphatic carbocycles. The highest BCUT2D eigenvalue weighted by atomic mass is 16.3. The van der Waals surface area contributed by atoms with Crippen LogP contribution in [0.5, 0.6) is 0 Å². The summed E-state index contributed by atoms with van der Waals surface area (Å²) in [5, 5.41) is 0. The molecule has 0 atom stereocenters. The molecule has 0 spiro atoms. The van der Waals surface area contributed by atoms with Gasteiger partial charge in [0.25, 0.3) is 0 Å². The quantitative estimate of drug-likeness (QED) is 0.529. The van der Waals surface area contributed by atoms with E-state index in [0.29, 0.717) is 35.7 Å². The molecule has 19 heavy (non-hydrogen) atoms. The largest absolute Gasteiger partial charge is 0.429 e. The molecule has 92 valence electrons. The first-order valence-corrected chi connectivity index (χ1v) is 5.90. The van der Waals surface area contributed by atoms with Crippen molar-refractivity contribution in [2.75, 3.05) is 25.0 Å². The van der Waals surface area contributed by atoms with Crippen LogP contribution in [0.25, 0.3) is 11.0 Å². The molecule has 7 heteroatoms. The highest BCUT2D eigenvalue weighted by Gasteiger charge is 2.30. The maximum Gasteiger partial charge on any atom is 0.429 e. The topological polar surface area (TPSA) is 61.5 Å². The molecule has 1 aliphatic rings. The minimum Gasteiger partial charge on any atom is -0.254 e. The fourth-order valence-electron chi connectivity index (χ4n) is 2.14. The first kappa shape index (κ1) is 11.8. The lowest BCUT2D eigenvalue weighted by molar-refractivity contribution is -0.419. The van der Waals surface area contributed by atoms with Crippen molar-refractivity contribution in [1.29, 1.82) is 0 Å². The van der Waals surface area contributed by atoms with Crippen LogP contribution in [0.2, 0.25) is 0 Å². The Morgan fingerprint density at radius 1 is 1.32 bits per heavy atom. The van der Waals surface area contributed by atoms with Crippen molar-refractivity contribution in [3.05, 3.63) is 29.4 Å². The highest BCUT2D eigenvalue weighted by molar-refractivity contribution is 6.42. The van der Waals surface area contributed by atoms with Gasteiger partial charge in [-0.2, -0.15) is 0 Å². The summed E-state index contributed by atoms with van der Waals surface area (Å²) in [6, 6.07) is 3.65. The van der Waals surface area contributed by atoms with Gasteiger partial charge in [-0.1, -0.05) is 4.91 Å². The summed E-state index contributed by atoms with van der Waals surface area (Å²) in [4.78, 5) is 25.9. The summed E-state index contributed by atoms with van der Waals surface area (Å²) in [6.07, 6.45) is 3.21. The van der Waals surface area contributed by atoms with Crippen LogP contribution in [-0.4, -0.2) is 48.7 Å². The van der Waals surface area contributed by atoms with E-state index in [2.05, 4.69) is 15.0 Å². The molecule has 2 heterocycles. The Hall–Kier alpha value is -2.31. The summed E-state index contributed by atoms with van der Waals surface area (Å²) in [7, 11) is 7.88. The van der Waals surface area contributed by atoms with Gasteiger partial charge in [-0.15, -0.1) is 4.99 Å². The molecular weight excluding hydrogens is 241 g/mol. The van der Waals surface area contributed by atoms with Gasteiger partial charge < -0.3 is 0 Å². The molecule has 0 N–H and O–H groups in total. The molecule has 1 aromatic carbocycles. The van der Waals surface area contributed by atoms with E-state index in [0.717, 1.165) is 10.3 Å². The van der Waals surface area contributed by atoms with Crippen molar-refractivity contribution in [2.24, 2.45) is 4.99 Å². The highest BCUT2D eigenvalue weighted by Crippen LogP contribution is 2.16. The van der Waals surface area contributed by atoms with E-state index in [1.54, 1.807) is 24.3 Å². The number of anilines is 1. The molecule has 0 saturated heterocycles. The molecular formula is C12H11BN5O+. The van der Waals surface area contributed by atoms with Crippen molar-refractivity contribution in [3.63, 3.8) is 0 Å². The van der Waals surface area contributed by atoms with E-state index in [-0.39, 0.29) is 0 Å². The number of guanidine groups is 1.